The smallest absolute Gasteiger partial charge is 0.232 e. The Morgan fingerprint density at radius 3 is 2.75 bits per heavy atom. The molecule has 8 heteroatoms. The number of hydrogen-bond donors (Lipinski definition) is 0. The molecular formula is C20H19ClN6O. The Hall–Kier alpha value is -2.93. The first-order valence-electron chi connectivity index (χ1n) is 9.05. The quantitative estimate of drug-likeness (QED) is 0.426. The van der Waals surface area contributed by atoms with Crippen molar-refractivity contribution in [3.8, 4) is 28.5 Å². The van der Waals surface area contributed by atoms with Crippen LogP contribution in [-0.2, 0) is 18.9 Å². The Labute approximate surface area is 167 Å². The van der Waals surface area contributed by atoms with Gasteiger partial charge in [-0.25, -0.2) is 4.98 Å². The molecule has 0 aliphatic carbocycles. The van der Waals surface area contributed by atoms with Gasteiger partial charge in [-0.3, -0.25) is 4.68 Å². The summed E-state index contributed by atoms with van der Waals surface area (Å²) in [6.45, 7) is 6.12. The number of benzene rings is 1. The minimum atomic E-state index is -0.220. The van der Waals surface area contributed by atoms with Gasteiger partial charge in [-0.2, -0.15) is 10.1 Å². The van der Waals surface area contributed by atoms with Crippen molar-refractivity contribution in [1.29, 1.82) is 0 Å². The Kier molecular flexibility index (Phi) is 3.55. The highest BCUT2D eigenvalue weighted by Crippen LogP contribution is 2.38. The maximum Gasteiger partial charge on any atom is 0.232 e. The van der Waals surface area contributed by atoms with Crippen LogP contribution in [0.5, 0.6) is 0 Å². The molecule has 0 radical (unpaired) electrons. The van der Waals surface area contributed by atoms with Gasteiger partial charge in [-0.15, -0.1) is 0 Å². The van der Waals surface area contributed by atoms with Crippen molar-refractivity contribution in [2.24, 2.45) is 7.05 Å². The third kappa shape index (κ3) is 2.57. The lowest BCUT2D eigenvalue weighted by atomic mass is 9.97. The Morgan fingerprint density at radius 2 is 2.00 bits per heavy atom. The molecule has 0 saturated heterocycles. The fourth-order valence-corrected chi connectivity index (χ4v) is 3.72. The number of imidazole rings is 1. The highest BCUT2D eigenvalue weighted by molar-refractivity contribution is 6.31. The molecule has 4 heterocycles. The SMILES string of the molecule is Cn1cc2c(n1)-c1cc(Cl)ccc1-n1cnc(-c3noc(C(C)(C)C)n3)c1C2. The number of rotatable bonds is 1. The molecule has 1 aliphatic rings. The maximum atomic E-state index is 6.29. The summed E-state index contributed by atoms with van der Waals surface area (Å²) in [5, 5.41) is 9.53. The molecular weight excluding hydrogens is 376 g/mol. The first-order valence-corrected chi connectivity index (χ1v) is 9.42. The second-order valence-electron chi connectivity index (χ2n) is 8.10. The van der Waals surface area contributed by atoms with E-state index in [-0.39, 0.29) is 5.41 Å². The van der Waals surface area contributed by atoms with Crippen molar-refractivity contribution in [2.75, 3.05) is 0 Å². The third-order valence-electron chi connectivity index (χ3n) is 4.88. The number of nitrogens with zero attached hydrogens (tertiary/aromatic N) is 6. The first-order chi connectivity index (χ1) is 13.3. The van der Waals surface area contributed by atoms with E-state index in [0.29, 0.717) is 23.2 Å². The van der Waals surface area contributed by atoms with Gasteiger partial charge in [0.05, 0.1) is 17.1 Å². The molecule has 3 aromatic heterocycles. The third-order valence-corrected chi connectivity index (χ3v) is 5.12. The van der Waals surface area contributed by atoms with Crippen molar-refractivity contribution in [2.45, 2.75) is 32.6 Å². The van der Waals surface area contributed by atoms with Gasteiger partial charge in [-0.05, 0) is 18.2 Å². The number of aryl methyl sites for hydroxylation is 1. The minimum Gasteiger partial charge on any atom is -0.338 e. The van der Waals surface area contributed by atoms with E-state index in [1.165, 1.54) is 0 Å². The molecule has 0 amide bonds. The topological polar surface area (TPSA) is 74.6 Å². The minimum absolute atomic E-state index is 0.220. The first kappa shape index (κ1) is 17.2. The van der Waals surface area contributed by atoms with Gasteiger partial charge in [-0.1, -0.05) is 37.5 Å². The van der Waals surface area contributed by atoms with E-state index in [2.05, 4.69) is 24.8 Å². The maximum absolute atomic E-state index is 6.29. The summed E-state index contributed by atoms with van der Waals surface area (Å²) in [7, 11) is 1.92. The second-order valence-corrected chi connectivity index (χ2v) is 8.53. The van der Waals surface area contributed by atoms with E-state index in [1.807, 2.05) is 56.9 Å². The molecule has 5 rings (SSSR count). The van der Waals surface area contributed by atoms with Crippen LogP contribution in [0.1, 0.15) is 37.9 Å². The van der Waals surface area contributed by atoms with E-state index < -0.39 is 0 Å². The summed E-state index contributed by atoms with van der Waals surface area (Å²) >= 11 is 6.29. The second kappa shape index (κ2) is 5.78. The lowest BCUT2D eigenvalue weighted by Crippen LogP contribution is -2.11. The monoisotopic (exact) mass is 394 g/mol. The van der Waals surface area contributed by atoms with Crippen LogP contribution in [0.4, 0.5) is 0 Å². The summed E-state index contributed by atoms with van der Waals surface area (Å²) in [5.74, 6) is 1.09. The fraction of sp³-hybridized carbons (Fsp3) is 0.300. The van der Waals surface area contributed by atoms with Crippen LogP contribution in [-0.4, -0.2) is 29.5 Å². The largest absolute Gasteiger partial charge is 0.338 e. The highest BCUT2D eigenvalue weighted by atomic mass is 35.5. The van der Waals surface area contributed by atoms with Crippen LogP contribution in [0.3, 0.4) is 0 Å². The van der Waals surface area contributed by atoms with Crippen LogP contribution in [0.2, 0.25) is 5.02 Å². The van der Waals surface area contributed by atoms with Gasteiger partial charge in [0.1, 0.15) is 12.0 Å². The van der Waals surface area contributed by atoms with Crippen molar-refractivity contribution < 1.29 is 4.52 Å². The van der Waals surface area contributed by atoms with Crippen LogP contribution in [0, 0.1) is 0 Å². The molecule has 0 bridgehead atoms. The van der Waals surface area contributed by atoms with E-state index in [9.17, 15) is 0 Å². The number of halogens is 1. The normalized spacial score (nSPS) is 13.0. The van der Waals surface area contributed by atoms with Crippen molar-refractivity contribution in [3.63, 3.8) is 0 Å². The van der Waals surface area contributed by atoms with E-state index in [0.717, 1.165) is 33.9 Å². The molecule has 28 heavy (non-hydrogen) atoms. The molecule has 0 atom stereocenters. The average molecular weight is 395 g/mol. The Bertz CT molecular complexity index is 1210. The number of fused-ring (bicyclic) bond motifs is 5. The average Bonchev–Trinajstić information content (AvgIpc) is 3.32. The Balaban J connectivity index is 1.73. The predicted molar refractivity (Wildman–Crippen MR) is 106 cm³/mol. The van der Waals surface area contributed by atoms with Crippen LogP contribution in [0.25, 0.3) is 28.5 Å². The van der Waals surface area contributed by atoms with E-state index in [1.54, 1.807) is 6.33 Å². The lowest BCUT2D eigenvalue weighted by molar-refractivity contribution is 0.321. The van der Waals surface area contributed by atoms with Gasteiger partial charge in [0.15, 0.2) is 0 Å². The van der Waals surface area contributed by atoms with Gasteiger partial charge < -0.3 is 9.09 Å². The summed E-state index contributed by atoms with van der Waals surface area (Å²) in [4.78, 5) is 9.22. The molecule has 1 aromatic carbocycles. The fourth-order valence-electron chi connectivity index (χ4n) is 3.54. The van der Waals surface area contributed by atoms with E-state index in [4.69, 9.17) is 16.1 Å². The molecule has 142 valence electrons. The van der Waals surface area contributed by atoms with Gasteiger partial charge in [0, 0.05) is 41.2 Å². The van der Waals surface area contributed by atoms with Crippen molar-refractivity contribution >= 4 is 11.6 Å². The zero-order chi connectivity index (χ0) is 19.6. The summed E-state index contributed by atoms with van der Waals surface area (Å²) in [5.41, 5.74) is 5.49. The zero-order valence-electron chi connectivity index (χ0n) is 16.1. The molecule has 1 aliphatic heterocycles. The van der Waals surface area contributed by atoms with E-state index >= 15 is 0 Å². The molecule has 0 spiro atoms. The van der Waals surface area contributed by atoms with Crippen molar-refractivity contribution in [1.82, 2.24) is 29.5 Å². The Morgan fingerprint density at radius 1 is 1.18 bits per heavy atom. The molecule has 0 fully saturated rings. The van der Waals surface area contributed by atoms with Gasteiger partial charge >= 0.3 is 0 Å². The molecule has 0 N–H and O–H groups in total. The lowest BCUT2D eigenvalue weighted by Gasteiger charge is -2.10. The standard InChI is InChI=1S/C20H19ClN6O/c1-20(2,3)19-23-18(25-28-19)17-15-7-11-9-26(4)24-16(11)13-8-12(21)5-6-14(13)27(15)10-22-17/h5-6,8-10H,7H2,1-4H3. The van der Waals surface area contributed by atoms with Gasteiger partial charge in [0.2, 0.25) is 11.7 Å². The highest BCUT2D eigenvalue weighted by Gasteiger charge is 2.28. The predicted octanol–water partition coefficient (Wildman–Crippen LogP) is 4.18. The molecule has 0 unspecified atom stereocenters. The summed E-state index contributed by atoms with van der Waals surface area (Å²) in [6.07, 6.45) is 4.49. The molecule has 4 aromatic rings. The molecule has 7 nitrogen and oxygen atoms in total. The van der Waals surface area contributed by atoms with Crippen LogP contribution in [0.15, 0.2) is 35.2 Å². The van der Waals surface area contributed by atoms with Crippen LogP contribution < -0.4 is 0 Å². The molecule has 0 saturated carbocycles. The zero-order valence-corrected chi connectivity index (χ0v) is 16.8. The summed E-state index contributed by atoms with van der Waals surface area (Å²) in [6, 6.07) is 5.82. The van der Waals surface area contributed by atoms with Crippen LogP contribution >= 0.6 is 11.6 Å². The van der Waals surface area contributed by atoms with Gasteiger partial charge in [0.25, 0.3) is 0 Å². The summed E-state index contributed by atoms with van der Waals surface area (Å²) < 4.78 is 9.38. The van der Waals surface area contributed by atoms with Crippen molar-refractivity contribution in [3.05, 3.63) is 52.9 Å². The number of hydrogen-bond acceptors (Lipinski definition) is 5. The number of aromatic nitrogens is 6.